The molecule has 1 aliphatic heterocycles. The van der Waals surface area contributed by atoms with Gasteiger partial charge in [-0.1, -0.05) is 36.9 Å². The van der Waals surface area contributed by atoms with Crippen LogP contribution < -0.4 is 0 Å². The molecule has 0 bridgehead atoms. The Kier molecular flexibility index (Phi) is 5.55. The Morgan fingerprint density at radius 2 is 2.23 bits per heavy atom. The SMILES string of the molecule is C=COC(=N)C(O)C1CCN(C(=O)OCc2ccccc2)C1. The molecule has 1 fully saturated rings. The van der Waals surface area contributed by atoms with Gasteiger partial charge < -0.3 is 19.5 Å². The zero-order valence-corrected chi connectivity index (χ0v) is 12.3. The highest BCUT2D eigenvalue weighted by Gasteiger charge is 2.34. The summed E-state index contributed by atoms with van der Waals surface area (Å²) in [5.74, 6) is -0.476. The summed E-state index contributed by atoms with van der Waals surface area (Å²) in [6, 6.07) is 9.45. The van der Waals surface area contributed by atoms with Crippen molar-refractivity contribution in [3.05, 3.63) is 48.7 Å². The van der Waals surface area contributed by atoms with Gasteiger partial charge in [0.1, 0.15) is 12.7 Å². The number of benzene rings is 1. The summed E-state index contributed by atoms with van der Waals surface area (Å²) in [5, 5.41) is 17.5. The van der Waals surface area contributed by atoms with Crippen molar-refractivity contribution in [2.24, 2.45) is 5.92 Å². The van der Waals surface area contributed by atoms with Crippen LogP contribution in [0.4, 0.5) is 4.79 Å². The summed E-state index contributed by atoms with van der Waals surface area (Å²) in [6.45, 7) is 4.41. The normalized spacial score (nSPS) is 18.6. The fourth-order valence-corrected chi connectivity index (χ4v) is 2.40. The van der Waals surface area contributed by atoms with Gasteiger partial charge in [0.15, 0.2) is 0 Å². The van der Waals surface area contributed by atoms with E-state index >= 15 is 0 Å². The molecule has 2 N–H and O–H groups in total. The highest BCUT2D eigenvalue weighted by molar-refractivity contribution is 5.78. The third-order valence-electron chi connectivity index (χ3n) is 3.61. The van der Waals surface area contributed by atoms with E-state index in [0.29, 0.717) is 19.5 Å². The Labute approximate surface area is 129 Å². The second-order valence-electron chi connectivity index (χ2n) is 5.13. The first kappa shape index (κ1) is 16.0. The highest BCUT2D eigenvalue weighted by Crippen LogP contribution is 2.21. The van der Waals surface area contributed by atoms with Crippen LogP contribution in [0.3, 0.4) is 0 Å². The summed E-state index contributed by atoms with van der Waals surface area (Å²) in [6.07, 6.45) is 0.260. The van der Waals surface area contributed by atoms with Gasteiger partial charge in [-0.3, -0.25) is 5.41 Å². The van der Waals surface area contributed by atoms with E-state index in [1.165, 1.54) is 4.90 Å². The average Bonchev–Trinajstić information content (AvgIpc) is 3.03. The molecule has 2 atom stereocenters. The van der Waals surface area contributed by atoms with Gasteiger partial charge in [0, 0.05) is 19.0 Å². The molecule has 1 aromatic carbocycles. The number of hydrogen-bond acceptors (Lipinski definition) is 5. The van der Waals surface area contributed by atoms with Crippen molar-refractivity contribution < 1.29 is 19.4 Å². The van der Waals surface area contributed by atoms with E-state index in [1.807, 2.05) is 30.3 Å². The van der Waals surface area contributed by atoms with Gasteiger partial charge in [-0.05, 0) is 12.0 Å². The number of carbonyl (C=O) groups is 1. The first-order chi connectivity index (χ1) is 10.6. The maximum absolute atomic E-state index is 12.0. The van der Waals surface area contributed by atoms with Crippen LogP contribution in [0.1, 0.15) is 12.0 Å². The number of aliphatic hydroxyl groups is 1. The molecule has 22 heavy (non-hydrogen) atoms. The quantitative estimate of drug-likeness (QED) is 0.496. The molecule has 1 heterocycles. The van der Waals surface area contributed by atoms with E-state index in [9.17, 15) is 9.90 Å². The molecular formula is C16H20N2O4. The van der Waals surface area contributed by atoms with Crippen molar-refractivity contribution in [2.75, 3.05) is 13.1 Å². The summed E-state index contributed by atoms with van der Waals surface area (Å²) in [7, 11) is 0. The number of carbonyl (C=O) groups excluding carboxylic acids is 1. The molecular weight excluding hydrogens is 284 g/mol. The zero-order chi connectivity index (χ0) is 15.9. The summed E-state index contributed by atoms with van der Waals surface area (Å²) >= 11 is 0. The first-order valence-electron chi connectivity index (χ1n) is 7.11. The Hall–Kier alpha value is -2.34. The lowest BCUT2D eigenvalue weighted by molar-refractivity contribution is 0.0978. The molecule has 1 amide bonds. The van der Waals surface area contributed by atoms with Crippen LogP contribution in [0.15, 0.2) is 43.2 Å². The summed E-state index contributed by atoms with van der Waals surface area (Å²) in [5.41, 5.74) is 0.924. The number of rotatable bonds is 5. The Bertz CT molecular complexity index is 532. The van der Waals surface area contributed by atoms with Crippen molar-refractivity contribution in [1.29, 1.82) is 5.41 Å². The molecule has 1 aliphatic rings. The number of aliphatic hydroxyl groups excluding tert-OH is 1. The van der Waals surface area contributed by atoms with Crippen molar-refractivity contribution in [2.45, 2.75) is 19.1 Å². The number of nitrogens with one attached hydrogen (secondary N) is 1. The molecule has 2 unspecified atom stereocenters. The van der Waals surface area contributed by atoms with E-state index in [4.69, 9.17) is 14.9 Å². The molecule has 0 spiro atoms. The molecule has 0 radical (unpaired) electrons. The lowest BCUT2D eigenvalue weighted by atomic mass is 10.0. The molecule has 0 aliphatic carbocycles. The number of amides is 1. The van der Waals surface area contributed by atoms with Gasteiger partial charge >= 0.3 is 6.09 Å². The van der Waals surface area contributed by atoms with Crippen molar-refractivity contribution in [3.63, 3.8) is 0 Å². The predicted octanol–water partition coefficient (Wildman–Crippen LogP) is 2.14. The predicted molar refractivity (Wildman–Crippen MR) is 81.3 cm³/mol. The molecule has 1 saturated heterocycles. The zero-order valence-electron chi connectivity index (χ0n) is 12.3. The number of ether oxygens (including phenoxy) is 2. The van der Waals surface area contributed by atoms with E-state index in [1.54, 1.807) is 0 Å². The van der Waals surface area contributed by atoms with Crippen LogP contribution in [0.25, 0.3) is 0 Å². The minimum atomic E-state index is -1.04. The lowest BCUT2D eigenvalue weighted by Gasteiger charge is -2.19. The number of likely N-dealkylation sites (tertiary alicyclic amines) is 1. The van der Waals surface area contributed by atoms with Crippen LogP contribution in [-0.2, 0) is 16.1 Å². The maximum atomic E-state index is 12.0. The second kappa shape index (κ2) is 7.61. The molecule has 118 valence electrons. The Morgan fingerprint density at radius 3 is 2.91 bits per heavy atom. The third-order valence-corrected chi connectivity index (χ3v) is 3.61. The van der Waals surface area contributed by atoms with E-state index in [0.717, 1.165) is 11.8 Å². The fourth-order valence-electron chi connectivity index (χ4n) is 2.40. The van der Waals surface area contributed by atoms with E-state index in [2.05, 4.69) is 6.58 Å². The molecule has 6 heteroatoms. The van der Waals surface area contributed by atoms with Gasteiger partial charge in [-0.2, -0.15) is 0 Å². The van der Waals surface area contributed by atoms with Crippen molar-refractivity contribution in [1.82, 2.24) is 4.90 Å². The Balaban J connectivity index is 1.81. The van der Waals surface area contributed by atoms with Crippen molar-refractivity contribution in [3.8, 4) is 0 Å². The maximum Gasteiger partial charge on any atom is 0.410 e. The smallest absolute Gasteiger partial charge is 0.410 e. The van der Waals surface area contributed by atoms with Gasteiger partial charge in [-0.25, -0.2) is 4.79 Å². The van der Waals surface area contributed by atoms with Crippen molar-refractivity contribution >= 4 is 12.0 Å². The number of hydrogen-bond donors (Lipinski definition) is 2. The first-order valence-corrected chi connectivity index (χ1v) is 7.11. The lowest BCUT2D eigenvalue weighted by Crippen LogP contribution is -2.34. The minimum Gasteiger partial charge on any atom is -0.449 e. The molecule has 0 saturated carbocycles. The topological polar surface area (TPSA) is 82.9 Å². The van der Waals surface area contributed by atoms with Gasteiger partial charge in [0.05, 0.1) is 6.26 Å². The average molecular weight is 304 g/mol. The van der Waals surface area contributed by atoms with Crippen LogP contribution in [0.2, 0.25) is 0 Å². The molecule has 2 rings (SSSR count). The molecule has 1 aromatic rings. The third kappa shape index (κ3) is 4.08. The monoisotopic (exact) mass is 304 g/mol. The van der Waals surface area contributed by atoms with Crippen LogP contribution in [0, 0.1) is 11.3 Å². The summed E-state index contributed by atoms with van der Waals surface area (Å²) in [4.78, 5) is 13.5. The largest absolute Gasteiger partial charge is 0.449 e. The van der Waals surface area contributed by atoms with Crippen LogP contribution in [0.5, 0.6) is 0 Å². The highest BCUT2D eigenvalue weighted by atomic mass is 16.6. The van der Waals surface area contributed by atoms with Crippen LogP contribution in [-0.4, -0.2) is 41.2 Å². The fraction of sp³-hybridized carbons (Fsp3) is 0.375. The Morgan fingerprint density at radius 1 is 1.50 bits per heavy atom. The standard InChI is InChI=1S/C16H20N2O4/c1-2-21-15(17)14(19)13-8-9-18(10-13)16(20)22-11-12-6-4-3-5-7-12/h2-7,13-14,17,19H,1,8-11H2. The van der Waals surface area contributed by atoms with Gasteiger partial charge in [0.2, 0.25) is 5.90 Å². The number of nitrogens with zero attached hydrogens (tertiary/aromatic N) is 1. The minimum absolute atomic E-state index is 0.221. The van der Waals surface area contributed by atoms with Crippen LogP contribution >= 0.6 is 0 Å². The molecule has 0 aromatic heterocycles. The molecule has 6 nitrogen and oxygen atoms in total. The van der Waals surface area contributed by atoms with E-state index < -0.39 is 12.2 Å². The van der Waals surface area contributed by atoms with E-state index in [-0.39, 0.29) is 18.4 Å². The summed E-state index contributed by atoms with van der Waals surface area (Å²) < 4.78 is 10.0. The second-order valence-corrected chi connectivity index (χ2v) is 5.13. The van der Waals surface area contributed by atoms with Gasteiger partial charge in [0.25, 0.3) is 0 Å². The van der Waals surface area contributed by atoms with Gasteiger partial charge in [-0.15, -0.1) is 0 Å².